The third kappa shape index (κ3) is 2.85. The van der Waals surface area contributed by atoms with Gasteiger partial charge in [-0.3, -0.25) is 4.79 Å². The molecule has 0 bridgehead atoms. The first kappa shape index (κ1) is 13.2. The molecule has 84 valence electrons. The summed E-state index contributed by atoms with van der Waals surface area (Å²) in [5, 5.41) is 10.5. The molecule has 4 nitrogen and oxygen atoms in total. The Morgan fingerprint density at radius 2 is 2.00 bits per heavy atom. The third-order valence-electron chi connectivity index (χ3n) is 1.71. The van der Waals surface area contributed by atoms with Crippen LogP contribution in [0.15, 0.2) is 0 Å². The van der Waals surface area contributed by atoms with E-state index >= 15 is 0 Å². The maximum Gasteiger partial charge on any atom is 0.415 e. The molecule has 0 aliphatic rings. The molecule has 1 amide bonds. The van der Waals surface area contributed by atoms with Crippen molar-refractivity contribution in [2.75, 3.05) is 6.61 Å². The minimum Gasteiger partial charge on any atom is -0.394 e. The molecule has 1 unspecified atom stereocenters. The monoisotopic (exact) mass is 214 g/mol. The van der Waals surface area contributed by atoms with Gasteiger partial charge in [-0.15, -0.1) is 0 Å². The number of halogens is 3. The van der Waals surface area contributed by atoms with Crippen LogP contribution < -0.4 is 11.1 Å². The Morgan fingerprint density at radius 3 is 2.29 bits per heavy atom. The van der Waals surface area contributed by atoms with Crippen LogP contribution in [0, 0.1) is 0 Å². The molecule has 0 spiro atoms. The first-order valence-corrected chi connectivity index (χ1v) is 3.90. The van der Waals surface area contributed by atoms with Crippen LogP contribution in [0.2, 0.25) is 0 Å². The lowest BCUT2D eigenvalue weighted by Crippen LogP contribution is -2.62. The number of hydrogen-bond donors (Lipinski definition) is 3. The molecule has 4 N–H and O–H groups in total. The average molecular weight is 214 g/mol. The summed E-state index contributed by atoms with van der Waals surface area (Å²) in [7, 11) is 0. The summed E-state index contributed by atoms with van der Waals surface area (Å²) in [5.74, 6) is -1.36. The minimum absolute atomic E-state index is 0.445. The summed E-state index contributed by atoms with van der Waals surface area (Å²) >= 11 is 0. The molecule has 0 radical (unpaired) electrons. The van der Waals surface area contributed by atoms with Gasteiger partial charge in [-0.05, 0) is 13.8 Å². The van der Waals surface area contributed by atoms with Gasteiger partial charge in [-0.1, -0.05) is 0 Å². The van der Waals surface area contributed by atoms with E-state index in [1.165, 1.54) is 6.92 Å². The number of hydrogen-bond acceptors (Lipinski definition) is 3. The smallest absolute Gasteiger partial charge is 0.394 e. The Kier molecular flexibility index (Phi) is 3.90. The van der Waals surface area contributed by atoms with Crippen LogP contribution in [0.5, 0.6) is 0 Å². The summed E-state index contributed by atoms with van der Waals surface area (Å²) < 4.78 is 36.6. The van der Waals surface area contributed by atoms with Gasteiger partial charge < -0.3 is 16.2 Å². The molecule has 0 aliphatic carbocycles. The number of carbonyl (C=O) groups is 1. The van der Waals surface area contributed by atoms with Crippen LogP contribution in [0.3, 0.4) is 0 Å². The summed E-state index contributed by atoms with van der Waals surface area (Å²) in [6, 6.07) is -0.757. The van der Waals surface area contributed by atoms with Crippen molar-refractivity contribution in [3.8, 4) is 0 Å². The number of nitrogens with two attached hydrogens (primary N) is 1. The molecule has 0 aromatic rings. The van der Waals surface area contributed by atoms with Crippen LogP contribution in [0.4, 0.5) is 13.2 Å². The van der Waals surface area contributed by atoms with Gasteiger partial charge in [0, 0.05) is 6.04 Å². The maximum atomic E-state index is 12.2. The predicted molar refractivity (Wildman–Crippen MR) is 43.3 cm³/mol. The largest absolute Gasteiger partial charge is 0.415 e. The zero-order chi connectivity index (χ0) is 11.6. The summed E-state index contributed by atoms with van der Waals surface area (Å²) in [6.07, 6.45) is -4.81. The Morgan fingerprint density at radius 1 is 1.57 bits per heavy atom. The zero-order valence-electron chi connectivity index (χ0n) is 7.85. The lowest BCUT2D eigenvalue weighted by atomic mass is 10.0. The number of amides is 1. The zero-order valence-corrected chi connectivity index (χ0v) is 7.85. The minimum atomic E-state index is -4.81. The molecule has 0 heterocycles. The van der Waals surface area contributed by atoms with Crippen LogP contribution in [-0.2, 0) is 4.79 Å². The van der Waals surface area contributed by atoms with Crippen molar-refractivity contribution in [3.63, 3.8) is 0 Å². The molecule has 2 atom stereocenters. The maximum absolute atomic E-state index is 12.2. The third-order valence-corrected chi connectivity index (χ3v) is 1.71. The fourth-order valence-electron chi connectivity index (χ4n) is 0.548. The van der Waals surface area contributed by atoms with E-state index in [2.05, 4.69) is 0 Å². The molecule has 14 heavy (non-hydrogen) atoms. The Labute approximate surface area is 79.3 Å². The molecule has 0 rings (SSSR count). The van der Waals surface area contributed by atoms with Gasteiger partial charge in [0.25, 0.3) is 0 Å². The fraction of sp³-hybridized carbons (Fsp3) is 0.857. The molecule has 0 aliphatic heterocycles. The molecular weight excluding hydrogens is 201 g/mol. The van der Waals surface area contributed by atoms with Gasteiger partial charge in [0.15, 0.2) is 5.54 Å². The number of alkyl halides is 3. The second-order valence-corrected chi connectivity index (χ2v) is 3.26. The van der Waals surface area contributed by atoms with Crippen molar-refractivity contribution < 1.29 is 23.1 Å². The van der Waals surface area contributed by atoms with E-state index < -0.39 is 30.3 Å². The normalized spacial score (nSPS) is 18.5. The number of carbonyl (C=O) groups excluding carboxylic acids is 1. The van der Waals surface area contributed by atoms with E-state index in [9.17, 15) is 18.0 Å². The first-order valence-electron chi connectivity index (χ1n) is 3.90. The molecule has 0 aromatic heterocycles. The summed E-state index contributed by atoms with van der Waals surface area (Å²) in [4.78, 5) is 11.0. The SMILES string of the molecule is C[C@@H](CO)NC(=O)C(C)(N)C(F)(F)F. The van der Waals surface area contributed by atoms with Crippen molar-refractivity contribution in [1.29, 1.82) is 0 Å². The highest BCUT2D eigenvalue weighted by atomic mass is 19.4. The number of aliphatic hydroxyl groups excluding tert-OH is 1. The van der Waals surface area contributed by atoms with E-state index in [0.29, 0.717) is 6.92 Å². The fourth-order valence-corrected chi connectivity index (χ4v) is 0.548. The molecule has 7 heteroatoms. The van der Waals surface area contributed by atoms with Gasteiger partial charge in [-0.2, -0.15) is 13.2 Å². The summed E-state index contributed by atoms with van der Waals surface area (Å²) in [5.41, 5.74) is 1.89. The van der Waals surface area contributed by atoms with Gasteiger partial charge in [-0.25, -0.2) is 0 Å². The molecule has 0 saturated carbocycles. The highest BCUT2D eigenvalue weighted by Crippen LogP contribution is 2.27. The van der Waals surface area contributed by atoms with Gasteiger partial charge in [0.05, 0.1) is 6.61 Å². The molecule has 0 aromatic carbocycles. The van der Waals surface area contributed by atoms with E-state index in [0.717, 1.165) is 0 Å². The van der Waals surface area contributed by atoms with E-state index in [1.807, 2.05) is 5.32 Å². The van der Waals surface area contributed by atoms with E-state index in [1.54, 1.807) is 0 Å². The van der Waals surface area contributed by atoms with Crippen molar-refractivity contribution >= 4 is 5.91 Å². The Balaban J connectivity index is 4.53. The average Bonchev–Trinajstić information content (AvgIpc) is 2.01. The van der Waals surface area contributed by atoms with Gasteiger partial charge in [0.1, 0.15) is 0 Å². The van der Waals surface area contributed by atoms with Crippen LogP contribution in [0.1, 0.15) is 13.8 Å². The first-order chi connectivity index (χ1) is 6.13. The Bertz CT molecular complexity index is 215. The van der Waals surface area contributed by atoms with E-state index in [-0.39, 0.29) is 0 Å². The van der Waals surface area contributed by atoms with Gasteiger partial charge >= 0.3 is 6.18 Å². The highest BCUT2D eigenvalue weighted by Gasteiger charge is 2.54. The quantitative estimate of drug-likeness (QED) is 0.607. The topological polar surface area (TPSA) is 75.3 Å². The van der Waals surface area contributed by atoms with Crippen molar-refractivity contribution in [3.05, 3.63) is 0 Å². The number of nitrogens with one attached hydrogen (secondary N) is 1. The van der Waals surface area contributed by atoms with Gasteiger partial charge in [0.2, 0.25) is 5.91 Å². The van der Waals surface area contributed by atoms with Crippen molar-refractivity contribution in [2.24, 2.45) is 5.73 Å². The predicted octanol–water partition coefficient (Wildman–Crippen LogP) is -0.237. The van der Waals surface area contributed by atoms with Crippen LogP contribution >= 0.6 is 0 Å². The van der Waals surface area contributed by atoms with Crippen LogP contribution in [-0.4, -0.2) is 35.4 Å². The lowest BCUT2D eigenvalue weighted by Gasteiger charge is -2.27. The second kappa shape index (κ2) is 4.14. The lowest BCUT2D eigenvalue weighted by molar-refractivity contribution is -0.187. The number of aliphatic hydroxyl groups is 1. The van der Waals surface area contributed by atoms with Crippen molar-refractivity contribution in [2.45, 2.75) is 31.6 Å². The Hall–Kier alpha value is -0.820. The second-order valence-electron chi connectivity index (χ2n) is 3.26. The van der Waals surface area contributed by atoms with Crippen LogP contribution in [0.25, 0.3) is 0 Å². The highest BCUT2D eigenvalue weighted by molar-refractivity contribution is 5.86. The molecule has 0 saturated heterocycles. The standard InChI is InChI=1S/C7H13F3N2O2/c1-4(3-13)12-5(14)6(2,11)7(8,9)10/h4,13H,3,11H2,1-2H3,(H,12,14)/t4-,6?/m0/s1. The molecule has 0 fully saturated rings. The van der Waals surface area contributed by atoms with E-state index in [4.69, 9.17) is 10.8 Å². The number of rotatable bonds is 3. The van der Waals surface area contributed by atoms with Crippen molar-refractivity contribution in [1.82, 2.24) is 5.32 Å². The summed E-state index contributed by atoms with van der Waals surface area (Å²) in [6.45, 7) is 1.50. The molecular formula is C7H13F3N2O2.